The van der Waals surface area contributed by atoms with Crippen molar-refractivity contribution in [2.24, 2.45) is 0 Å². The first-order valence-corrected chi connectivity index (χ1v) is 10.4. The number of nitrogens with zero attached hydrogens (tertiary/aromatic N) is 4. The van der Waals surface area contributed by atoms with Crippen molar-refractivity contribution in [1.82, 2.24) is 20.0 Å². The second-order valence-corrected chi connectivity index (χ2v) is 7.66. The van der Waals surface area contributed by atoms with E-state index in [-0.39, 0.29) is 17.9 Å². The van der Waals surface area contributed by atoms with Crippen LogP contribution in [0.5, 0.6) is 5.75 Å². The molecule has 1 amide bonds. The monoisotopic (exact) mass is 422 g/mol. The van der Waals surface area contributed by atoms with Gasteiger partial charge in [0.25, 0.3) is 11.8 Å². The minimum Gasteiger partial charge on any atom is -0.484 e. The fourth-order valence-electron chi connectivity index (χ4n) is 3.87. The molecule has 162 valence electrons. The minimum absolute atomic E-state index is 0.0187. The lowest BCUT2D eigenvalue weighted by atomic mass is 9.75. The number of pyridine rings is 1. The summed E-state index contributed by atoms with van der Waals surface area (Å²) in [6, 6.07) is 13.1. The lowest BCUT2D eigenvalue weighted by molar-refractivity contribution is -0.135. The molecule has 1 saturated heterocycles. The van der Waals surface area contributed by atoms with Crippen molar-refractivity contribution in [1.29, 1.82) is 0 Å². The summed E-state index contributed by atoms with van der Waals surface area (Å²) in [7, 11) is 1.69. The number of hydrogen-bond acceptors (Lipinski definition) is 7. The van der Waals surface area contributed by atoms with Gasteiger partial charge in [0.2, 0.25) is 0 Å². The number of para-hydroxylation sites is 1. The molecular formula is C23H26N4O4. The Bertz CT molecular complexity index is 970. The van der Waals surface area contributed by atoms with E-state index < -0.39 is 0 Å². The Balaban J connectivity index is 1.42. The second kappa shape index (κ2) is 9.70. The molecule has 8 nitrogen and oxygen atoms in total. The van der Waals surface area contributed by atoms with Crippen LogP contribution in [0, 0.1) is 0 Å². The summed E-state index contributed by atoms with van der Waals surface area (Å²) >= 11 is 0. The van der Waals surface area contributed by atoms with E-state index in [0.29, 0.717) is 37.2 Å². The predicted molar refractivity (Wildman–Crippen MR) is 113 cm³/mol. The first-order chi connectivity index (χ1) is 15.2. The van der Waals surface area contributed by atoms with Crippen molar-refractivity contribution >= 4 is 5.91 Å². The van der Waals surface area contributed by atoms with E-state index in [9.17, 15) is 4.79 Å². The number of hydrogen-bond donors (Lipinski definition) is 0. The maximum Gasteiger partial charge on any atom is 0.260 e. The Kier molecular flexibility index (Phi) is 6.57. The van der Waals surface area contributed by atoms with Crippen molar-refractivity contribution in [3.8, 4) is 17.2 Å². The number of benzene rings is 1. The molecule has 0 aliphatic carbocycles. The molecule has 8 heteroatoms. The van der Waals surface area contributed by atoms with Gasteiger partial charge in [-0.3, -0.25) is 9.78 Å². The molecule has 0 radical (unpaired) electrons. The van der Waals surface area contributed by atoms with E-state index >= 15 is 0 Å². The number of ether oxygens (including phenoxy) is 2. The summed E-state index contributed by atoms with van der Waals surface area (Å²) in [6.07, 6.45) is 5.63. The topological polar surface area (TPSA) is 90.6 Å². The van der Waals surface area contributed by atoms with Gasteiger partial charge in [0.1, 0.15) is 5.75 Å². The molecule has 0 N–H and O–H groups in total. The quantitative estimate of drug-likeness (QED) is 0.551. The largest absolute Gasteiger partial charge is 0.484 e. The average molecular weight is 422 g/mol. The third kappa shape index (κ3) is 4.91. The Morgan fingerprint density at radius 1 is 1.13 bits per heavy atom. The average Bonchev–Trinajstić information content (AvgIpc) is 3.34. The SMILES string of the molecule is COCCC1(c2noc(-c3ccncc3)n2)CCN(C(=O)COc2ccccc2)CC1. The van der Waals surface area contributed by atoms with Gasteiger partial charge in [-0.2, -0.15) is 4.98 Å². The number of amides is 1. The van der Waals surface area contributed by atoms with Gasteiger partial charge in [0.15, 0.2) is 12.4 Å². The van der Waals surface area contributed by atoms with E-state index in [0.717, 1.165) is 24.8 Å². The highest BCUT2D eigenvalue weighted by Crippen LogP contribution is 2.38. The highest BCUT2D eigenvalue weighted by Gasteiger charge is 2.41. The Morgan fingerprint density at radius 3 is 2.58 bits per heavy atom. The van der Waals surface area contributed by atoms with E-state index in [2.05, 4.69) is 15.1 Å². The van der Waals surface area contributed by atoms with Gasteiger partial charge in [-0.15, -0.1) is 0 Å². The fourth-order valence-corrected chi connectivity index (χ4v) is 3.87. The van der Waals surface area contributed by atoms with Crippen LogP contribution in [-0.4, -0.2) is 59.3 Å². The lowest BCUT2D eigenvalue weighted by Crippen LogP contribution is -2.47. The first kappa shape index (κ1) is 21.0. The summed E-state index contributed by atoms with van der Waals surface area (Å²) in [5.74, 6) is 1.82. The fraction of sp³-hybridized carbons (Fsp3) is 0.391. The zero-order chi connectivity index (χ0) is 21.5. The molecule has 3 aromatic rings. The zero-order valence-electron chi connectivity index (χ0n) is 17.6. The van der Waals surface area contributed by atoms with Crippen molar-refractivity contribution in [3.05, 3.63) is 60.7 Å². The molecule has 2 aromatic heterocycles. The van der Waals surface area contributed by atoms with Crippen molar-refractivity contribution in [3.63, 3.8) is 0 Å². The standard InChI is InChI=1S/C23H26N4O4/c1-29-16-11-23(22-25-21(31-26-22)18-7-12-24-13-8-18)9-14-27(15-10-23)20(28)17-30-19-5-3-2-4-6-19/h2-8,12-13H,9-11,14-17H2,1H3. The van der Waals surface area contributed by atoms with Gasteiger partial charge in [0, 0.05) is 50.2 Å². The second-order valence-electron chi connectivity index (χ2n) is 7.66. The molecular weight excluding hydrogens is 396 g/mol. The molecule has 0 bridgehead atoms. The molecule has 3 heterocycles. The van der Waals surface area contributed by atoms with E-state index in [4.69, 9.17) is 14.0 Å². The third-order valence-electron chi connectivity index (χ3n) is 5.79. The highest BCUT2D eigenvalue weighted by molar-refractivity contribution is 5.78. The number of carbonyl (C=O) groups is 1. The number of carbonyl (C=O) groups excluding carboxylic acids is 1. The van der Waals surface area contributed by atoms with Crippen LogP contribution in [0.2, 0.25) is 0 Å². The van der Waals surface area contributed by atoms with Crippen LogP contribution in [0.1, 0.15) is 25.1 Å². The number of rotatable bonds is 8. The lowest BCUT2D eigenvalue weighted by Gasteiger charge is -2.39. The van der Waals surface area contributed by atoms with Gasteiger partial charge in [-0.25, -0.2) is 0 Å². The van der Waals surface area contributed by atoms with Crippen LogP contribution in [0.4, 0.5) is 0 Å². The summed E-state index contributed by atoms with van der Waals surface area (Å²) in [4.78, 5) is 23.2. The van der Waals surface area contributed by atoms with Gasteiger partial charge in [-0.1, -0.05) is 23.4 Å². The van der Waals surface area contributed by atoms with Crippen LogP contribution in [0.15, 0.2) is 59.4 Å². The molecule has 1 fully saturated rings. The van der Waals surface area contributed by atoms with Crippen LogP contribution in [-0.2, 0) is 14.9 Å². The third-order valence-corrected chi connectivity index (χ3v) is 5.79. The predicted octanol–water partition coefficient (Wildman–Crippen LogP) is 3.11. The highest BCUT2D eigenvalue weighted by atomic mass is 16.5. The Morgan fingerprint density at radius 2 is 1.87 bits per heavy atom. The summed E-state index contributed by atoms with van der Waals surface area (Å²) in [5, 5.41) is 4.30. The normalized spacial score (nSPS) is 15.6. The zero-order valence-corrected chi connectivity index (χ0v) is 17.6. The van der Waals surface area contributed by atoms with Crippen LogP contribution in [0.25, 0.3) is 11.5 Å². The number of piperidine rings is 1. The molecule has 0 atom stereocenters. The number of aromatic nitrogens is 3. The molecule has 0 saturated carbocycles. The molecule has 0 unspecified atom stereocenters. The molecule has 1 aliphatic rings. The van der Waals surface area contributed by atoms with E-state index in [1.807, 2.05) is 47.4 Å². The van der Waals surface area contributed by atoms with Gasteiger partial charge >= 0.3 is 0 Å². The molecule has 1 aromatic carbocycles. The molecule has 31 heavy (non-hydrogen) atoms. The first-order valence-electron chi connectivity index (χ1n) is 10.4. The smallest absolute Gasteiger partial charge is 0.260 e. The molecule has 0 spiro atoms. The summed E-state index contributed by atoms with van der Waals surface area (Å²) < 4.78 is 16.5. The molecule has 4 rings (SSSR count). The van der Waals surface area contributed by atoms with Gasteiger partial charge in [-0.05, 0) is 43.5 Å². The van der Waals surface area contributed by atoms with E-state index in [1.165, 1.54) is 0 Å². The van der Waals surface area contributed by atoms with Gasteiger partial charge < -0.3 is 18.9 Å². The van der Waals surface area contributed by atoms with Crippen LogP contribution < -0.4 is 4.74 Å². The van der Waals surface area contributed by atoms with Crippen molar-refractivity contribution in [2.75, 3.05) is 33.4 Å². The van der Waals surface area contributed by atoms with Crippen molar-refractivity contribution < 1.29 is 18.8 Å². The van der Waals surface area contributed by atoms with Crippen LogP contribution in [0.3, 0.4) is 0 Å². The summed E-state index contributed by atoms with van der Waals surface area (Å²) in [5.41, 5.74) is 0.545. The Labute approximate surface area is 181 Å². The maximum atomic E-state index is 12.6. The van der Waals surface area contributed by atoms with Crippen LogP contribution >= 0.6 is 0 Å². The van der Waals surface area contributed by atoms with Crippen molar-refractivity contribution in [2.45, 2.75) is 24.7 Å². The van der Waals surface area contributed by atoms with E-state index in [1.54, 1.807) is 19.5 Å². The Hall–Kier alpha value is -3.26. The summed E-state index contributed by atoms with van der Waals surface area (Å²) in [6.45, 7) is 1.84. The number of likely N-dealkylation sites (tertiary alicyclic amines) is 1. The molecule has 1 aliphatic heterocycles. The van der Waals surface area contributed by atoms with Gasteiger partial charge in [0.05, 0.1) is 0 Å². The maximum absolute atomic E-state index is 12.6. The number of methoxy groups -OCH3 is 1. The minimum atomic E-state index is -0.290.